The number of anilines is 3. The van der Waals surface area contributed by atoms with E-state index in [9.17, 15) is 8.78 Å². The molecule has 9 heteroatoms. The Labute approximate surface area is 185 Å². The van der Waals surface area contributed by atoms with Crippen molar-refractivity contribution in [3.05, 3.63) is 59.9 Å². The molecule has 1 aliphatic carbocycles. The van der Waals surface area contributed by atoms with Gasteiger partial charge in [-0.1, -0.05) is 0 Å². The molecule has 1 aliphatic heterocycles. The van der Waals surface area contributed by atoms with Crippen molar-refractivity contribution in [2.45, 2.75) is 31.8 Å². The maximum Gasteiger partial charge on any atom is 0.246 e. The Kier molecular flexibility index (Phi) is 5.75. The summed E-state index contributed by atoms with van der Waals surface area (Å²) in [6.07, 6.45) is 3.69. The minimum atomic E-state index is -0.661. The lowest BCUT2D eigenvalue weighted by atomic mass is 9.85. The number of ether oxygens (including phenoxy) is 1. The van der Waals surface area contributed by atoms with E-state index < -0.39 is 11.6 Å². The summed E-state index contributed by atoms with van der Waals surface area (Å²) in [5.74, 6) is -0.972. The molecule has 0 bridgehead atoms. The van der Waals surface area contributed by atoms with Crippen molar-refractivity contribution < 1.29 is 13.5 Å². The number of morpholine rings is 1. The average Bonchev–Trinajstić information content (AvgIpc) is 3.18. The Morgan fingerprint density at radius 2 is 1.69 bits per heavy atom. The minimum Gasteiger partial charge on any atom is -0.382 e. The number of aromatic nitrogens is 3. The van der Waals surface area contributed by atoms with E-state index in [1.807, 2.05) is 19.1 Å². The van der Waals surface area contributed by atoms with Crippen LogP contribution in [0.2, 0.25) is 0 Å². The van der Waals surface area contributed by atoms with E-state index in [0.29, 0.717) is 18.0 Å². The van der Waals surface area contributed by atoms with Gasteiger partial charge in [-0.15, -0.1) is 5.10 Å². The molecule has 32 heavy (non-hydrogen) atoms. The number of aryl methyl sites for hydroxylation is 1. The van der Waals surface area contributed by atoms with Gasteiger partial charge < -0.3 is 15.4 Å². The molecule has 0 spiro atoms. The summed E-state index contributed by atoms with van der Waals surface area (Å²) in [5.41, 5.74) is 3.27. The highest BCUT2D eigenvalue weighted by Crippen LogP contribution is 2.30. The van der Waals surface area contributed by atoms with Gasteiger partial charge in [0.2, 0.25) is 5.95 Å². The fraction of sp³-hybridized carbons (Fsp3) is 0.391. The van der Waals surface area contributed by atoms with Crippen LogP contribution in [0.4, 0.5) is 26.1 Å². The third kappa shape index (κ3) is 4.73. The van der Waals surface area contributed by atoms with Gasteiger partial charge in [0.05, 0.1) is 18.9 Å². The maximum atomic E-state index is 13.5. The maximum absolute atomic E-state index is 13.5. The van der Waals surface area contributed by atoms with Gasteiger partial charge in [0, 0.05) is 42.6 Å². The van der Waals surface area contributed by atoms with Gasteiger partial charge in [-0.25, -0.2) is 13.5 Å². The van der Waals surface area contributed by atoms with Gasteiger partial charge in [0.15, 0.2) is 0 Å². The molecule has 2 N–H and O–H groups in total. The third-order valence-corrected chi connectivity index (χ3v) is 5.98. The number of hydrogen-bond donors (Lipinski definition) is 2. The number of halogens is 2. The standard InChI is InChI=1S/C23H26F2N6O/c1-15-6-18(27-20-12-21(13-20)30-2-4-32-5-3-30)11-19(7-15)28-23-26-14-31(29-23)22-9-16(24)8-17(25)10-22/h6-11,14,20-21,27H,2-5,12-13H2,1H3,(H,28,29)/t20-,21-. The van der Waals surface area contributed by atoms with E-state index in [1.54, 1.807) is 0 Å². The molecule has 2 fully saturated rings. The molecule has 0 radical (unpaired) electrons. The first-order valence-corrected chi connectivity index (χ1v) is 10.9. The zero-order valence-electron chi connectivity index (χ0n) is 17.9. The second kappa shape index (κ2) is 8.84. The van der Waals surface area contributed by atoms with E-state index in [-0.39, 0.29) is 5.69 Å². The molecule has 1 saturated carbocycles. The highest BCUT2D eigenvalue weighted by molar-refractivity contribution is 5.63. The lowest BCUT2D eigenvalue weighted by Crippen LogP contribution is -2.53. The zero-order chi connectivity index (χ0) is 22.1. The van der Waals surface area contributed by atoms with E-state index in [2.05, 4.69) is 31.7 Å². The molecule has 5 rings (SSSR count). The molecule has 1 saturated heterocycles. The van der Waals surface area contributed by atoms with Gasteiger partial charge in [0.1, 0.15) is 18.0 Å². The molecule has 0 amide bonds. The molecule has 7 nitrogen and oxygen atoms in total. The number of benzene rings is 2. The number of nitrogens with one attached hydrogen (secondary N) is 2. The van der Waals surface area contributed by atoms with Crippen LogP contribution in [-0.2, 0) is 4.74 Å². The fourth-order valence-corrected chi connectivity index (χ4v) is 4.37. The highest BCUT2D eigenvalue weighted by atomic mass is 19.1. The Morgan fingerprint density at radius 1 is 0.969 bits per heavy atom. The van der Waals surface area contributed by atoms with E-state index in [1.165, 1.54) is 23.1 Å². The average molecular weight is 440 g/mol. The molecule has 1 aromatic heterocycles. The fourth-order valence-electron chi connectivity index (χ4n) is 4.37. The summed E-state index contributed by atoms with van der Waals surface area (Å²) in [4.78, 5) is 6.74. The van der Waals surface area contributed by atoms with Crippen molar-refractivity contribution in [3.63, 3.8) is 0 Å². The summed E-state index contributed by atoms with van der Waals surface area (Å²) in [6, 6.07) is 10.5. The normalized spacial score (nSPS) is 21.2. The molecular weight excluding hydrogens is 414 g/mol. The predicted molar refractivity (Wildman–Crippen MR) is 119 cm³/mol. The van der Waals surface area contributed by atoms with Crippen LogP contribution in [-0.4, -0.2) is 58.1 Å². The second-order valence-electron chi connectivity index (χ2n) is 8.47. The Bertz CT molecular complexity index is 1070. The molecular formula is C23H26F2N6O. The lowest BCUT2D eigenvalue weighted by molar-refractivity contribution is -0.00436. The first kappa shape index (κ1) is 20.8. The van der Waals surface area contributed by atoms with E-state index in [0.717, 1.165) is 62.1 Å². The number of nitrogens with zero attached hydrogens (tertiary/aromatic N) is 4. The predicted octanol–water partition coefficient (Wildman–Crippen LogP) is 3.87. The van der Waals surface area contributed by atoms with Crippen molar-refractivity contribution in [2.24, 2.45) is 0 Å². The van der Waals surface area contributed by atoms with E-state index in [4.69, 9.17) is 4.74 Å². The summed E-state index contributed by atoms with van der Waals surface area (Å²) in [6.45, 7) is 5.75. The van der Waals surface area contributed by atoms with E-state index >= 15 is 0 Å². The highest BCUT2D eigenvalue weighted by Gasteiger charge is 2.34. The molecule has 2 heterocycles. The van der Waals surface area contributed by atoms with Crippen molar-refractivity contribution in [3.8, 4) is 5.69 Å². The molecule has 2 aliphatic rings. The first-order chi connectivity index (χ1) is 15.5. The summed E-state index contributed by atoms with van der Waals surface area (Å²) in [5, 5.41) is 11.1. The SMILES string of the molecule is Cc1cc(Nc2ncn(-c3cc(F)cc(F)c3)n2)cc(N[C@H]2C[C@H](N3CCOCC3)C2)c1. The topological polar surface area (TPSA) is 67.2 Å². The van der Waals surface area contributed by atoms with Gasteiger partial charge in [-0.05, 0) is 55.7 Å². The van der Waals surface area contributed by atoms with Gasteiger partial charge in [-0.3, -0.25) is 4.90 Å². The van der Waals surface area contributed by atoms with Crippen LogP contribution in [0.3, 0.4) is 0 Å². The smallest absolute Gasteiger partial charge is 0.246 e. The second-order valence-corrected chi connectivity index (χ2v) is 8.47. The monoisotopic (exact) mass is 440 g/mol. The van der Waals surface area contributed by atoms with Crippen LogP contribution in [0.1, 0.15) is 18.4 Å². The van der Waals surface area contributed by atoms with Crippen LogP contribution in [0.25, 0.3) is 5.69 Å². The van der Waals surface area contributed by atoms with Crippen molar-refractivity contribution in [1.82, 2.24) is 19.7 Å². The minimum absolute atomic E-state index is 0.273. The molecule has 168 valence electrons. The zero-order valence-corrected chi connectivity index (χ0v) is 17.9. The Morgan fingerprint density at radius 3 is 2.44 bits per heavy atom. The molecule has 0 unspecified atom stereocenters. The number of hydrogen-bond acceptors (Lipinski definition) is 6. The van der Waals surface area contributed by atoms with Crippen molar-refractivity contribution >= 4 is 17.3 Å². The quantitative estimate of drug-likeness (QED) is 0.607. The van der Waals surface area contributed by atoms with Crippen LogP contribution in [0.5, 0.6) is 0 Å². The van der Waals surface area contributed by atoms with Gasteiger partial charge in [-0.2, -0.15) is 4.98 Å². The van der Waals surface area contributed by atoms with Crippen molar-refractivity contribution in [2.75, 3.05) is 36.9 Å². The Hall–Kier alpha value is -3.04. The third-order valence-electron chi connectivity index (χ3n) is 5.98. The number of rotatable bonds is 6. The van der Waals surface area contributed by atoms with Gasteiger partial charge in [0.25, 0.3) is 0 Å². The molecule has 2 aromatic carbocycles. The van der Waals surface area contributed by atoms with Gasteiger partial charge >= 0.3 is 0 Å². The molecule has 0 atom stereocenters. The Balaban J connectivity index is 1.22. The summed E-state index contributed by atoms with van der Waals surface area (Å²) >= 11 is 0. The van der Waals surface area contributed by atoms with Crippen molar-refractivity contribution in [1.29, 1.82) is 0 Å². The molecule has 3 aromatic rings. The summed E-state index contributed by atoms with van der Waals surface area (Å²) < 4.78 is 33.8. The largest absolute Gasteiger partial charge is 0.382 e. The van der Waals surface area contributed by atoms with Crippen LogP contribution in [0, 0.1) is 18.6 Å². The van der Waals surface area contributed by atoms with Crippen LogP contribution >= 0.6 is 0 Å². The van der Waals surface area contributed by atoms with Crippen LogP contribution < -0.4 is 10.6 Å². The lowest BCUT2D eigenvalue weighted by Gasteiger charge is -2.45. The van der Waals surface area contributed by atoms with Crippen LogP contribution in [0.15, 0.2) is 42.7 Å². The first-order valence-electron chi connectivity index (χ1n) is 10.9. The summed E-state index contributed by atoms with van der Waals surface area (Å²) in [7, 11) is 0.